The van der Waals surface area contributed by atoms with Crippen molar-refractivity contribution in [3.8, 4) is 0 Å². The van der Waals surface area contributed by atoms with Crippen LogP contribution in [-0.4, -0.2) is 22.4 Å². The standard InChI is InChI=1S/C8H14O3S/c1-6(9)12-5-7(10)11-8(2,3)4/h5H2,1-4H3. The second kappa shape index (κ2) is 4.50. The highest BCUT2D eigenvalue weighted by Gasteiger charge is 2.16. The Morgan fingerprint density at radius 1 is 1.33 bits per heavy atom. The molecule has 0 aromatic rings. The van der Waals surface area contributed by atoms with Crippen LogP contribution in [0.2, 0.25) is 0 Å². The monoisotopic (exact) mass is 190 g/mol. The molecule has 0 heterocycles. The van der Waals surface area contributed by atoms with Gasteiger partial charge in [0.05, 0.1) is 5.75 Å². The fraction of sp³-hybridized carbons (Fsp3) is 0.750. The van der Waals surface area contributed by atoms with Gasteiger partial charge in [0.25, 0.3) is 0 Å². The largest absolute Gasteiger partial charge is 0.459 e. The van der Waals surface area contributed by atoms with E-state index in [9.17, 15) is 9.59 Å². The van der Waals surface area contributed by atoms with Crippen molar-refractivity contribution in [2.24, 2.45) is 0 Å². The van der Waals surface area contributed by atoms with E-state index in [0.29, 0.717) is 0 Å². The van der Waals surface area contributed by atoms with Crippen LogP contribution >= 0.6 is 11.8 Å². The summed E-state index contributed by atoms with van der Waals surface area (Å²) in [4.78, 5) is 21.4. The lowest BCUT2D eigenvalue weighted by atomic mass is 10.2. The van der Waals surface area contributed by atoms with E-state index >= 15 is 0 Å². The Morgan fingerprint density at radius 2 is 1.83 bits per heavy atom. The summed E-state index contributed by atoms with van der Waals surface area (Å²) in [5.74, 6) is -0.241. The van der Waals surface area contributed by atoms with Crippen molar-refractivity contribution in [3.05, 3.63) is 0 Å². The fourth-order valence-electron chi connectivity index (χ4n) is 0.532. The summed E-state index contributed by atoms with van der Waals surface area (Å²) in [6.07, 6.45) is 0. The molecule has 3 nitrogen and oxygen atoms in total. The van der Waals surface area contributed by atoms with Gasteiger partial charge in [0, 0.05) is 6.92 Å². The molecule has 4 heteroatoms. The number of hydrogen-bond donors (Lipinski definition) is 0. The SMILES string of the molecule is CC(=O)SCC(=O)OC(C)(C)C. The van der Waals surface area contributed by atoms with Crippen LogP contribution in [-0.2, 0) is 14.3 Å². The van der Waals surface area contributed by atoms with E-state index < -0.39 is 5.60 Å². The molecule has 0 radical (unpaired) electrons. The molecule has 0 saturated heterocycles. The van der Waals surface area contributed by atoms with Crippen molar-refractivity contribution in [2.75, 3.05) is 5.75 Å². The van der Waals surface area contributed by atoms with Gasteiger partial charge in [-0.3, -0.25) is 9.59 Å². The number of rotatable bonds is 2. The highest BCUT2D eigenvalue weighted by Crippen LogP contribution is 2.09. The Morgan fingerprint density at radius 3 is 2.17 bits per heavy atom. The molecule has 0 rings (SSSR count). The zero-order valence-electron chi connectivity index (χ0n) is 7.84. The maximum Gasteiger partial charge on any atom is 0.316 e. The molecule has 0 aromatic heterocycles. The summed E-state index contributed by atoms with van der Waals surface area (Å²) in [7, 11) is 0. The Labute approximate surface area is 76.9 Å². The number of hydrogen-bond acceptors (Lipinski definition) is 4. The van der Waals surface area contributed by atoms with Crippen molar-refractivity contribution in [1.29, 1.82) is 0 Å². The molecule has 0 saturated carbocycles. The summed E-state index contributed by atoms with van der Waals surface area (Å²) in [6.45, 7) is 6.81. The van der Waals surface area contributed by atoms with Gasteiger partial charge in [-0.15, -0.1) is 0 Å². The number of esters is 1. The molecule has 0 fully saturated rings. The van der Waals surface area contributed by atoms with Crippen molar-refractivity contribution >= 4 is 22.8 Å². The van der Waals surface area contributed by atoms with Crippen LogP contribution in [0.5, 0.6) is 0 Å². The molecule has 0 unspecified atom stereocenters. The van der Waals surface area contributed by atoms with E-state index in [1.54, 1.807) is 20.8 Å². The molecular formula is C8H14O3S. The van der Waals surface area contributed by atoms with Crippen LogP contribution in [0, 0.1) is 0 Å². The molecule has 12 heavy (non-hydrogen) atoms. The summed E-state index contributed by atoms with van der Waals surface area (Å²) in [5, 5.41) is -0.0686. The normalized spacial score (nSPS) is 11.0. The first kappa shape index (κ1) is 11.5. The minimum Gasteiger partial charge on any atom is -0.459 e. The van der Waals surface area contributed by atoms with Crippen LogP contribution in [0.15, 0.2) is 0 Å². The highest BCUT2D eigenvalue weighted by molar-refractivity contribution is 8.14. The van der Waals surface area contributed by atoms with Gasteiger partial charge >= 0.3 is 5.97 Å². The first-order valence-corrected chi connectivity index (χ1v) is 4.65. The van der Waals surface area contributed by atoms with Crippen LogP contribution < -0.4 is 0 Å². The summed E-state index contributed by atoms with van der Waals surface area (Å²) in [6, 6.07) is 0. The van der Waals surface area contributed by atoms with Gasteiger partial charge in [-0.1, -0.05) is 11.8 Å². The van der Waals surface area contributed by atoms with E-state index in [1.165, 1.54) is 6.92 Å². The van der Waals surface area contributed by atoms with Crippen molar-refractivity contribution in [3.63, 3.8) is 0 Å². The van der Waals surface area contributed by atoms with Gasteiger partial charge in [0.2, 0.25) is 0 Å². The smallest absolute Gasteiger partial charge is 0.316 e. The second-order valence-corrected chi connectivity index (χ2v) is 4.52. The van der Waals surface area contributed by atoms with E-state index in [-0.39, 0.29) is 16.8 Å². The molecule has 0 aliphatic heterocycles. The molecule has 0 atom stereocenters. The van der Waals surface area contributed by atoms with E-state index in [2.05, 4.69) is 0 Å². The Bertz CT molecular complexity index is 181. The number of carbonyl (C=O) groups excluding carboxylic acids is 2. The summed E-state index contributed by atoms with van der Waals surface area (Å²) in [5.41, 5.74) is -0.464. The Hall–Kier alpha value is -0.510. The van der Waals surface area contributed by atoms with Crippen molar-refractivity contribution < 1.29 is 14.3 Å². The lowest BCUT2D eigenvalue weighted by Gasteiger charge is -2.18. The maximum absolute atomic E-state index is 11.0. The molecule has 0 N–H and O–H groups in total. The van der Waals surface area contributed by atoms with E-state index in [4.69, 9.17) is 4.74 Å². The second-order valence-electron chi connectivity index (χ2n) is 3.37. The summed E-state index contributed by atoms with van der Waals surface area (Å²) >= 11 is 0.967. The summed E-state index contributed by atoms with van der Waals surface area (Å²) < 4.78 is 4.98. The molecule has 0 aromatic carbocycles. The minimum atomic E-state index is -0.464. The van der Waals surface area contributed by atoms with Crippen LogP contribution in [0.3, 0.4) is 0 Å². The molecular weight excluding hydrogens is 176 g/mol. The molecule has 0 aliphatic carbocycles. The van der Waals surface area contributed by atoms with Gasteiger partial charge in [-0.2, -0.15) is 0 Å². The molecule has 0 amide bonds. The van der Waals surface area contributed by atoms with Gasteiger partial charge in [-0.05, 0) is 20.8 Å². The fourth-order valence-corrected chi connectivity index (χ4v) is 0.912. The molecule has 0 bridgehead atoms. The zero-order valence-corrected chi connectivity index (χ0v) is 8.66. The third-order valence-corrected chi connectivity index (χ3v) is 1.60. The highest BCUT2D eigenvalue weighted by atomic mass is 32.2. The predicted octanol–water partition coefficient (Wildman–Crippen LogP) is 1.61. The van der Waals surface area contributed by atoms with Crippen LogP contribution in [0.4, 0.5) is 0 Å². The van der Waals surface area contributed by atoms with E-state index in [0.717, 1.165) is 11.8 Å². The predicted molar refractivity (Wildman–Crippen MR) is 49.0 cm³/mol. The maximum atomic E-state index is 11.0. The Balaban J connectivity index is 3.68. The van der Waals surface area contributed by atoms with Crippen molar-refractivity contribution in [2.45, 2.75) is 33.3 Å². The first-order chi connectivity index (χ1) is 5.31. The van der Waals surface area contributed by atoms with Crippen molar-refractivity contribution in [1.82, 2.24) is 0 Å². The van der Waals surface area contributed by atoms with E-state index in [1.807, 2.05) is 0 Å². The lowest BCUT2D eigenvalue weighted by molar-refractivity contribution is -0.151. The molecule has 70 valence electrons. The van der Waals surface area contributed by atoms with Crippen LogP contribution in [0.25, 0.3) is 0 Å². The quantitative estimate of drug-likeness (QED) is 0.620. The third kappa shape index (κ3) is 7.60. The van der Waals surface area contributed by atoms with Gasteiger partial charge in [0.1, 0.15) is 5.60 Å². The number of ether oxygens (including phenoxy) is 1. The average Bonchev–Trinajstić information content (AvgIpc) is 1.79. The Kier molecular flexibility index (Phi) is 4.31. The number of carbonyl (C=O) groups is 2. The molecule has 0 spiro atoms. The third-order valence-electron chi connectivity index (χ3n) is 0.813. The molecule has 0 aliphatic rings. The van der Waals surface area contributed by atoms with Gasteiger partial charge in [0.15, 0.2) is 5.12 Å². The van der Waals surface area contributed by atoms with Crippen LogP contribution in [0.1, 0.15) is 27.7 Å². The average molecular weight is 190 g/mol. The minimum absolute atomic E-state index is 0.0686. The zero-order chi connectivity index (χ0) is 9.78. The topological polar surface area (TPSA) is 43.4 Å². The lowest BCUT2D eigenvalue weighted by Crippen LogP contribution is -2.25. The van der Waals surface area contributed by atoms with Gasteiger partial charge < -0.3 is 4.74 Å². The number of thioether (sulfide) groups is 1. The van der Waals surface area contributed by atoms with Gasteiger partial charge in [-0.25, -0.2) is 0 Å². The first-order valence-electron chi connectivity index (χ1n) is 3.66.